The normalized spacial score (nSPS) is 18.4. The fourth-order valence-corrected chi connectivity index (χ4v) is 4.96. The summed E-state index contributed by atoms with van der Waals surface area (Å²) in [5.41, 5.74) is 5.51. The number of carbonyl (C=O) groups is 2. The molecule has 142 valence electrons. The van der Waals surface area contributed by atoms with E-state index >= 15 is 0 Å². The number of para-hydroxylation sites is 1. The first-order valence-corrected chi connectivity index (χ1v) is 9.90. The van der Waals surface area contributed by atoms with Crippen molar-refractivity contribution in [2.24, 2.45) is 0 Å². The standard InChI is InChI=1S/C16H18N2S.C4H4O4/c1-18-9-10-19-14-8-4-7-13-15(14)16(18)11-5-2-3-6-12(11)17-13;5-3(6)1-2-4(7)8/h2-3,5-6,14H,4,7-10H2,1H3;1-2H,(H,5,6)(H,7,8). The molecule has 2 aliphatic rings. The van der Waals surface area contributed by atoms with Gasteiger partial charge in [-0.2, -0.15) is 11.8 Å². The monoisotopic (exact) mass is 386 g/mol. The molecule has 1 aliphatic heterocycles. The number of rotatable bonds is 2. The van der Waals surface area contributed by atoms with Gasteiger partial charge in [-0.1, -0.05) is 18.2 Å². The molecular formula is C20H22N2O4S. The maximum Gasteiger partial charge on any atom is 0.328 e. The molecule has 0 amide bonds. The zero-order chi connectivity index (χ0) is 19.4. The van der Waals surface area contributed by atoms with E-state index in [-0.39, 0.29) is 0 Å². The minimum Gasteiger partial charge on any atom is -0.478 e. The number of nitrogens with zero attached hydrogens (tertiary/aromatic N) is 2. The summed E-state index contributed by atoms with van der Waals surface area (Å²) in [5.74, 6) is -1.29. The number of carboxylic acids is 2. The second-order valence-electron chi connectivity index (χ2n) is 6.52. The SMILES string of the molecule is CN1CCSC2CCCc3nc4ccccc4c1c32.O=C(O)C=CC(=O)O. The van der Waals surface area contributed by atoms with Crippen LogP contribution in [0.25, 0.3) is 10.9 Å². The lowest BCUT2D eigenvalue weighted by Gasteiger charge is -2.28. The highest BCUT2D eigenvalue weighted by Gasteiger charge is 2.30. The smallest absolute Gasteiger partial charge is 0.328 e. The van der Waals surface area contributed by atoms with E-state index in [2.05, 4.69) is 48.0 Å². The molecule has 0 fully saturated rings. The van der Waals surface area contributed by atoms with Crippen LogP contribution in [0.2, 0.25) is 0 Å². The molecule has 27 heavy (non-hydrogen) atoms. The lowest BCUT2D eigenvalue weighted by atomic mass is 9.92. The number of hydrogen-bond donors (Lipinski definition) is 2. The van der Waals surface area contributed by atoms with E-state index in [1.54, 1.807) is 0 Å². The van der Waals surface area contributed by atoms with Gasteiger partial charge in [0.05, 0.1) is 11.2 Å². The van der Waals surface area contributed by atoms with Crippen LogP contribution in [0, 0.1) is 0 Å². The molecule has 0 bridgehead atoms. The average molecular weight is 386 g/mol. The minimum atomic E-state index is -1.26. The van der Waals surface area contributed by atoms with Crippen LogP contribution in [-0.4, -0.2) is 46.5 Å². The van der Waals surface area contributed by atoms with Crippen LogP contribution >= 0.6 is 11.8 Å². The van der Waals surface area contributed by atoms with Crippen LogP contribution in [0.1, 0.15) is 29.3 Å². The van der Waals surface area contributed by atoms with Crippen LogP contribution in [0.5, 0.6) is 0 Å². The van der Waals surface area contributed by atoms with Crippen LogP contribution in [0.15, 0.2) is 36.4 Å². The van der Waals surface area contributed by atoms with Crippen molar-refractivity contribution < 1.29 is 19.8 Å². The Balaban J connectivity index is 0.000000226. The number of benzene rings is 1. The van der Waals surface area contributed by atoms with Crippen molar-refractivity contribution in [1.29, 1.82) is 0 Å². The molecule has 1 atom stereocenters. The second-order valence-corrected chi connectivity index (χ2v) is 7.83. The summed E-state index contributed by atoms with van der Waals surface area (Å²) in [5, 5.41) is 17.6. The number of thioether (sulfide) groups is 1. The third kappa shape index (κ3) is 4.42. The van der Waals surface area contributed by atoms with Gasteiger partial charge in [0.2, 0.25) is 0 Å². The van der Waals surface area contributed by atoms with Crippen molar-refractivity contribution in [1.82, 2.24) is 4.98 Å². The lowest BCUT2D eigenvalue weighted by Crippen LogP contribution is -2.21. The van der Waals surface area contributed by atoms with Gasteiger partial charge < -0.3 is 15.1 Å². The molecule has 0 saturated heterocycles. The molecule has 4 rings (SSSR count). The highest BCUT2D eigenvalue weighted by molar-refractivity contribution is 7.99. The van der Waals surface area contributed by atoms with Crippen LogP contribution in [0.3, 0.4) is 0 Å². The number of carboxylic acid groups (broad SMARTS) is 2. The van der Waals surface area contributed by atoms with Gasteiger partial charge in [0, 0.05) is 53.4 Å². The summed E-state index contributed by atoms with van der Waals surface area (Å²) in [4.78, 5) is 26.5. The molecule has 1 aromatic carbocycles. The molecule has 2 N–H and O–H groups in total. The Hall–Kier alpha value is -2.54. The summed E-state index contributed by atoms with van der Waals surface area (Å²) in [6, 6.07) is 8.62. The van der Waals surface area contributed by atoms with Gasteiger partial charge in [-0.15, -0.1) is 0 Å². The number of aryl methyl sites for hydroxylation is 1. The van der Waals surface area contributed by atoms with Crippen molar-refractivity contribution in [2.75, 3.05) is 24.2 Å². The molecule has 7 heteroatoms. The minimum absolute atomic E-state index is 0.558. The van der Waals surface area contributed by atoms with Gasteiger partial charge in [0.15, 0.2) is 0 Å². The summed E-state index contributed by atoms with van der Waals surface area (Å²) < 4.78 is 0. The summed E-state index contributed by atoms with van der Waals surface area (Å²) in [6.07, 6.45) is 4.88. The quantitative estimate of drug-likeness (QED) is 0.763. The van der Waals surface area contributed by atoms with E-state index < -0.39 is 11.9 Å². The van der Waals surface area contributed by atoms with E-state index in [0.29, 0.717) is 17.4 Å². The van der Waals surface area contributed by atoms with Gasteiger partial charge in [-0.25, -0.2) is 9.59 Å². The van der Waals surface area contributed by atoms with Crippen molar-refractivity contribution in [3.05, 3.63) is 47.7 Å². The molecule has 1 aromatic heterocycles. The molecule has 0 radical (unpaired) electrons. The largest absolute Gasteiger partial charge is 0.478 e. The average Bonchev–Trinajstić information content (AvgIpc) is 2.81. The van der Waals surface area contributed by atoms with Gasteiger partial charge in [-0.3, -0.25) is 4.98 Å². The zero-order valence-electron chi connectivity index (χ0n) is 15.1. The Morgan fingerprint density at radius 1 is 1.22 bits per heavy atom. The van der Waals surface area contributed by atoms with E-state index in [1.807, 2.05) is 0 Å². The molecule has 1 unspecified atom stereocenters. The van der Waals surface area contributed by atoms with Crippen LogP contribution in [-0.2, 0) is 16.0 Å². The number of aromatic nitrogens is 1. The van der Waals surface area contributed by atoms with E-state index in [0.717, 1.165) is 18.5 Å². The van der Waals surface area contributed by atoms with Gasteiger partial charge in [0.25, 0.3) is 0 Å². The first-order chi connectivity index (χ1) is 13.0. The van der Waals surface area contributed by atoms with Crippen molar-refractivity contribution >= 4 is 40.3 Å². The molecule has 0 spiro atoms. The molecule has 6 nitrogen and oxygen atoms in total. The lowest BCUT2D eigenvalue weighted by molar-refractivity contribution is -0.134. The highest BCUT2D eigenvalue weighted by atomic mass is 32.2. The summed E-state index contributed by atoms with van der Waals surface area (Å²) in [7, 11) is 2.24. The third-order valence-electron chi connectivity index (χ3n) is 4.68. The number of aliphatic carboxylic acids is 2. The maximum atomic E-state index is 9.55. The number of hydrogen-bond acceptors (Lipinski definition) is 5. The Bertz CT molecular complexity index is 881. The van der Waals surface area contributed by atoms with Gasteiger partial charge >= 0.3 is 11.9 Å². The fourth-order valence-electron chi connectivity index (χ4n) is 3.55. The molecule has 1 aliphatic carbocycles. The molecule has 0 saturated carbocycles. The van der Waals surface area contributed by atoms with E-state index in [9.17, 15) is 9.59 Å². The first kappa shape index (κ1) is 19.2. The van der Waals surface area contributed by atoms with E-state index in [1.165, 1.54) is 40.9 Å². The third-order valence-corrected chi connectivity index (χ3v) is 5.97. The number of pyridine rings is 1. The Kier molecular flexibility index (Phi) is 6.01. The highest BCUT2D eigenvalue weighted by Crippen LogP contribution is 2.47. The zero-order valence-corrected chi connectivity index (χ0v) is 15.9. The molecular weight excluding hydrogens is 364 g/mol. The Morgan fingerprint density at radius 3 is 2.63 bits per heavy atom. The summed E-state index contributed by atoms with van der Waals surface area (Å²) >= 11 is 2.12. The number of anilines is 1. The Morgan fingerprint density at radius 2 is 1.93 bits per heavy atom. The van der Waals surface area contributed by atoms with Gasteiger partial charge in [0.1, 0.15) is 0 Å². The first-order valence-electron chi connectivity index (χ1n) is 8.85. The predicted molar refractivity (Wildman–Crippen MR) is 108 cm³/mol. The Labute approximate surface area is 161 Å². The predicted octanol–water partition coefficient (Wildman–Crippen LogP) is 3.51. The second kappa shape index (κ2) is 8.43. The van der Waals surface area contributed by atoms with Crippen molar-refractivity contribution in [2.45, 2.75) is 24.5 Å². The molecule has 2 heterocycles. The topological polar surface area (TPSA) is 90.7 Å². The molecule has 2 aromatic rings. The fraction of sp³-hybridized carbons (Fsp3) is 0.350. The van der Waals surface area contributed by atoms with Crippen molar-refractivity contribution in [3.63, 3.8) is 0 Å². The van der Waals surface area contributed by atoms with E-state index in [4.69, 9.17) is 15.2 Å². The maximum absolute atomic E-state index is 9.55. The van der Waals surface area contributed by atoms with Crippen LogP contribution < -0.4 is 4.90 Å². The number of fused-ring (bicyclic) bond motifs is 2. The van der Waals surface area contributed by atoms with Gasteiger partial charge in [-0.05, 0) is 25.3 Å². The summed E-state index contributed by atoms with van der Waals surface area (Å²) in [6.45, 7) is 1.14. The van der Waals surface area contributed by atoms with Crippen LogP contribution in [0.4, 0.5) is 5.69 Å². The van der Waals surface area contributed by atoms with Crippen molar-refractivity contribution in [3.8, 4) is 0 Å².